The van der Waals surface area contributed by atoms with Crippen molar-refractivity contribution in [1.29, 1.82) is 0 Å². The zero-order chi connectivity index (χ0) is 19.7. The van der Waals surface area contributed by atoms with E-state index >= 15 is 0 Å². The molecule has 1 saturated heterocycles. The molecule has 1 aromatic rings. The van der Waals surface area contributed by atoms with Crippen molar-refractivity contribution in [1.82, 2.24) is 4.90 Å². The molecule has 0 spiro atoms. The molecule has 0 bridgehead atoms. The van der Waals surface area contributed by atoms with Crippen LogP contribution in [0, 0.1) is 5.92 Å². The van der Waals surface area contributed by atoms with Crippen LogP contribution in [0.15, 0.2) is 29.2 Å². The fraction of sp³-hybridized carbons (Fsp3) is 0.467. The number of halogens is 5. The van der Waals surface area contributed by atoms with Crippen LogP contribution in [-0.2, 0) is 9.53 Å². The Balaban J connectivity index is 2.03. The zero-order valence-corrected chi connectivity index (χ0v) is 14.7. The van der Waals surface area contributed by atoms with Crippen LogP contribution in [0.4, 0.5) is 29.9 Å². The number of nitrogens with zero attached hydrogens (tertiary/aromatic N) is 1. The normalized spacial score (nSPS) is 20.7. The summed E-state index contributed by atoms with van der Waals surface area (Å²) in [5, 5.41) is 2.39. The lowest BCUT2D eigenvalue weighted by Gasteiger charge is -2.40. The summed E-state index contributed by atoms with van der Waals surface area (Å²) in [4.78, 5) is 23.3. The molecule has 1 heterocycles. The number of carbonyl (C=O) groups is 2. The number of carbonyl (C=O) groups excluding carboxylic acids is 2. The van der Waals surface area contributed by atoms with Gasteiger partial charge in [-0.1, -0.05) is 19.4 Å². The van der Waals surface area contributed by atoms with Crippen LogP contribution in [0.25, 0.3) is 0 Å². The Kier molecular flexibility index (Phi) is 4.90. The van der Waals surface area contributed by atoms with E-state index in [1.54, 1.807) is 6.92 Å². The number of benzene rings is 1. The average Bonchev–Trinajstić information content (AvgIpc) is 2.53. The van der Waals surface area contributed by atoms with Crippen LogP contribution in [0.2, 0.25) is 0 Å². The van der Waals surface area contributed by atoms with Crippen LogP contribution in [0.1, 0.15) is 19.8 Å². The van der Waals surface area contributed by atoms with E-state index in [0.29, 0.717) is 19.4 Å². The number of rotatable bonds is 4. The third-order valence-electron chi connectivity index (χ3n) is 3.89. The maximum atomic E-state index is 12.7. The van der Waals surface area contributed by atoms with Gasteiger partial charge in [-0.05, 0) is 44.0 Å². The Morgan fingerprint density at radius 3 is 2.35 bits per heavy atom. The number of ether oxygens (including phenoxy) is 1. The first kappa shape index (κ1) is 20.3. The topological polar surface area (TPSA) is 58.6 Å². The number of anilines is 1. The van der Waals surface area contributed by atoms with Gasteiger partial charge in [0.25, 0.3) is 0 Å². The van der Waals surface area contributed by atoms with Gasteiger partial charge < -0.3 is 15.0 Å². The van der Waals surface area contributed by atoms with Gasteiger partial charge in [0.05, 0.1) is 12.5 Å². The fourth-order valence-electron chi connectivity index (χ4n) is 2.61. The summed E-state index contributed by atoms with van der Waals surface area (Å²) < 4.78 is 68.3. The fourth-order valence-corrected chi connectivity index (χ4v) is 3.26. The van der Waals surface area contributed by atoms with E-state index in [1.165, 1.54) is 4.90 Å². The molecule has 11 heteroatoms. The molecule has 148 valence electrons. The maximum Gasteiger partial charge on any atom is 0.409 e. The second kappa shape index (κ2) is 6.29. The Morgan fingerprint density at radius 1 is 1.19 bits per heavy atom. The van der Waals surface area contributed by atoms with Gasteiger partial charge in [-0.2, -0.15) is 0 Å². The Hall–Kier alpha value is -2.04. The highest BCUT2D eigenvalue weighted by Crippen LogP contribution is 3.02. The highest BCUT2D eigenvalue weighted by atomic mass is 32.5. The second-order valence-electron chi connectivity index (χ2n) is 5.97. The minimum absolute atomic E-state index is 0.0335. The first-order valence-electron chi connectivity index (χ1n) is 7.87. The summed E-state index contributed by atoms with van der Waals surface area (Å²) in [7, 11) is -9.74. The van der Waals surface area contributed by atoms with Crippen molar-refractivity contribution < 1.29 is 33.8 Å². The van der Waals surface area contributed by atoms with E-state index in [0.717, 1.165) is 12.1 Å². The minimum Gasteiger partial charge on any atom is -0.450 e. The summed E-state index contributed by atoms with van der Waals surface area (Å²) >= 11 is 0. The molecule has 2 rings (SSSR count). The van der Waals surface area contributed by atoms with Gasteiger partial charge in [0.2, 0.25) is 5.91 Å². The Morgan fingerprint density at radius 2 is 1.81 bits per heavy atom. The van der Waals surface area contributed by atoms with Crippen LogP contribution in [0.3, 0.4) is 0 Å². The van der Waals surface area contributed by atoms with Crippen molar-refractivity contribution in [3.05, 3.63) is 24.3 Å². The summed E-state index contributed by atoms with van der Waals surface area (Å²) in [5.74, 6) is -1.07. The molecule has 1 fully saturated rings. The molecule has 1 aliphatic rings. The van der Waals surface area contributed by atoms with E-state index in [4.69, 9.17) is 4.74 Å². The highest BCUT2D eigenvalue weighted by Gasteiger charge is 2.65. The molecule has 0 aromatic heterocycles. The van der Waals surface area contributed by atoms with Crippen LogP contribution in [0.5, 0.6) is 0 Å². The van der Waals surface area contributed by atoms with Gasteiger partial charge in [0.15, 0.2) is 0 Å². The number of hydrogen-bond acceptors (Lipinski definition) is 3. The van der Waals surface area contributed by atoms with Gasteiger partial charge in [-0.25, -0.2) is 4.79 Å². The molecule has 5 nitrogen and oxygen atoms in total. The lowest BCUT2D eigenvalue weighted by atomic mass is 9.97. The molecule has 0 saturated carbocycles. The van der Waals surface area contributed by atoms with Gasteiger partial charge in [-0.15, -0.1) is 0 Å². The number of hydrogen-bond donors (Lipinski definition) is 1. The number of likely N-dealkylation sites (tertiary alicyclic amines) is 1. The van der Waals surface area contributed by atoms with Crippen LogP contribution >= 0.6 is 10.2 Å². The van der Waals surface area contributed by atoms with Crippen molar-refractivity contribution in [2.75, 3.05) is 25.0 Å². The number of amides is 2. The summed E-state index contributed by atoms with van der Waals surface area (Å²) in [6.45, 7) is 2.42. The molecule has 1 atom stereocenters. The molecule has 1 N–H and O–H groups in total. The van der Waals surface area contributed by atoms with E-state index in [2.05, 4.69) is 5.32 Å². The van der Waals surface area contributed by atoms with Gasteiger partial charge >= 0.3 is 16.3 Å². The second-order valence-corrected chi connectivity index (χ2v) is 8.38. The first-order valence-corrected chi connectivity index (χ1v) is 9.82. The lowest BCUT2D eigenvalue weighted by Crippen LogP contribution is -2.44. The molecule has 0 unspecified atom stereocenters. The third-order valence-corrected chi connectivity index (χ3v) is 5.05. The summed E-state index contributed by atoms with van der Waals surface area (Å²) in [6, 6.07) is 2.03. The van der Waals surface area contributed by atoms with E-state index < -0.39 is 33.0 Å². The standard InChI is InChI=1S/C15H19F5N2O3S/c1-2-25-15(24)22-9-3-4-11(10-22)14(23)21-12-5-7-13(8-6-12)26(16,17,18,19)20/h5-8,11H,2-4,9-10H2,1H3,(H,21,23)/t11-/m0/s1. The smallest absolute Gasteiger partial charge is 0.409 e. The van der Waals surface area contributed by atoms with E-state index in [9.17, 15) is 29.0 Å². The average molecular weight is 402 g/mol. The monoisotopic (exact) mass is 402 g/mol. The van der Waals surface area contributed by atoms with Crippen molar-refractivity contribution in [3.8, 4) is 0 Å². The van der Waals surface area contributed by atoms with Crippen LogP contribution < -0.4 is 5.32 Å². The molecule has 0 radical (unpaired) electrons. The van der Waals surface area contributed by atoms with Crippen molar-refractivity contribution >= 4 is 27.9 Å². The minimum atomic E-state index is -9.74. The molecule has 2 amide bonds. The molecule has 0 aliphatic carbocycles. The van der Waals surface area contributed by atoms with Crippen molar-refractivity contribution in [2.45, 2.75) is 24.7 Å². The largest absolute Gasteiger partial charge is 0.450 e. The highest BCUT2D eigenvalue weighted by molar-refractivity contribution is 8.45. The zero-order valence-electron chi connectivity index (χ0n) is 13.9. The molecule has 1 aromatic carbocycles. The van der Waals surface area contributed by atoms with Crippen molar-refractivity contribution in [3.63, 3.8) is 0 Å². The van der Waals surface area contributed by atoms with Gasteiger partial charge in [0.1, 0.15) is 4.90 Å². The van der Waals surface area contributed by atoms with E-state index in [1.807, 2.05) is 0 Å². The predicted octanol–water partition coefficient (Wildman–Crippen LogP) is 5.15. The summed E-state index contributed by atoms with van der Waals surface area (Å²) in [6.07, 6.45) is 0.524. The Labute approximate surface area is 147 Å². The van der Waals surface area contributed by atoms with Gasteiger partial charge in [0, 0.05) is 18.8 Å². The first-order chi connectivity index (χ1) is 11.8. The lowest BCUT2D eigenvalue weighted by molar-refractivity contribution is -0.121. The molecular weight excluding hydrogens is 383 g/mol. The van der Waals surface area contributed by atoms with Gasteiger partial charge in [-0.3, -0.25) is 4.79 Å². The predicted molar refractivity (Wildman–Crippen MR) is 87.8 cm³/mol. The third kappa shape index (κ3) is 5.23. The SMILES string of the molecule is CCOC(=O)N1CCC[C@H](C(=O)Nc2ccc(S(F)(F)(F)(F)F)cc2)C1. The summed E-state index contributed by atoms with van der Waals surface area (Å²) in [5.41, 5.74) is -0.0335. The molecule has 26 heavy (non-hydrogen) atoms. The molecular formula is C15H19F5N2O3S. The maximum absolute atomic E-state index is 12.7. The molecule has 1 aliphatic heterocycles. The quantitative estimate of drug-likeness (QED) is 0.709. The van der Waals surface area contributed by atoms with Crippen LogP contribution in [-0.4, -0.2) is 36.6 Å². The number of nitrogens with one attached hydrogen (secondary N) is 1. The van der Waals surface area contributed by atoms with Crippen molar-refractivity contribution in [2.24, 2.45) is 5.92 Å². The number of piperidine rings is 1. The van der Waals surface area contributed by atoms with E-state index in [-0.39, 0.29) is 31.0 Å². The Bertz CT molecular complexity index is 694.